The Morgan fingerprint density at radius 2 is 2.00 bits per heavy atom. The first-order valence-electron chi connectivity index (χ1n) is 13.7. The number of nitrogens with two attached hydrogens (primary N) is 1. The van der Waals surface area contributed by atoms with E-state index in [0.29, 0.717) is 44.2 Å². The molecule has 12 heteroatoms. The summed E-state index contributed by atoms with van der Waals surface area (Å²) in [6, 6.07) is 6.23. The third kappa shape index (κ3) is 5.69. The molecule has 1 atom stereocenters. The zero-order chi connectivity index (χ0) is 27.5. The summed E-state index contributed by atoms with van der Waals surface area (Å²) in [5, 5.41) is 5.55. The molecule has 2 saturated heterocycles. The number of morpholine rings is 1. The number of nitrogens with zero attached hydrogens (tertiary/aromatic N) is 6. The normalized spacial score (nSPS) is 17.8. The van der Waals surface area contributed by atoms with Gasteiger partial charge in [-0.25, -0.2) is 14.4 Å². The number of halogens is 1. The average molecular weight is 549 g/mol. The molecule has 5 heterocycles. The van der Waals surface area contributed by atoms with Crippen LogP contribution in [0.4, 0.5) is 4.39 Å². The molecule has 2 fully saturated rings. The molecular formula is C28H33FN8O3. The van der Waals surface area contributed by atoms with Crippen molar-refractivity contribution in [2.75, 3.05) is 52.5 Å². The number of aromatic amines is 1. The van der Waals surface area contributed by atoms with Crippen molar-refractivity contribution in [2.45, 2.75) is 25.0 Å². The standard InChI is InChI=1S/C28H33FN8O3/c29-21-11-19(28(38)36-7-9-39-10-8-36)12-24(13-21)40-23-2-5-35(6-3-23)17-22(14-30)37-16-20(15-34-37)26-25-1-4-31-27(25)33-18-32-26/h1,4,11-13,15-16,18,22-23H,2-3,5-10,14,17,30H2,(H,31,32,33). The summed E-state index contributed by atoms with van der Waals surface area (Å²) in [4.78, 5) is 28.7. The number of carbonyl (C=O) groups excluding carboxylic acids is 1. The molecule has 0 bridgehead atoms. The Kier molecular flexibility index (Phi) is 7.71. The number of rotatable bonds is 8. The van der Waals surface area contributed by atoms with Gasteiger partial charge in [0.1, 0.15) is 29.6 Å². The van der Waals surface area contributed by atoms with Gasteiger partial charge in [-0.2, -0.15) is 5.10 Å². The number of hydrogen-bond donors (Lipinski definition) is 2. The van der Waals surface area contributed by atoms with Gasteiger partial charge in [0.2, 0.25) is 0 Å². The summed E-state index contributed by atoms with van der Waals surface area (Å²) < 4.78 is 27.7. The van der Waals surface area contributed by atoms with Gasteiger partial charge in [0.05, 0.1) is 31.1 Å². The van der Waals surface area contributed by atoms with Crippen LogP contribution in [0, 0.1) is 5.82 Å². The Hall–Kier alpha value is -3.87. The SMILES string of the molecule is NCC(CN1CCC(Oc2cc(F)cc(C(=O)N3CCOCC3)c2)CC1)n1cc(-c2ncnc3[nH]ccc23)cn1. The molecule has 3 aromatic heterocycles. The van der Waals surface area contributed by atoms with E-state index in [0.717, 1.165) is 54.8 Å². The zero-order valence-electron chi connectivity index (χ0n) is 22.2. The maximum Gasteiger partial charge on any atom is 0.254 e. The van der Waals surface area contributed by atoms with Gasteiger partial charge in [0.25, 0.3) is 5.91 Å². The predicted molar refractivity (Wildman–Crippen MR) is 146 cm³/mol. The van der Waals surface area contributed by atoms with Gasteiger partial charge >= 0.3 is 0 Å². The minimum absolute atomic E-state index is 0.00625. The number of aromatic nitrogens is 5. The lowest BCUT2D eigenvalue weighted by atomic mass is 10.1. The van der Waals surface area contributed by atoms with Gasteiger partial charge in [-0.15, -0.1) is 0 Å². The van der Waals surface area contributed by atoms with Crippen LogP contribution in [-0.4, -0.2) is 99.0 Å². The molecule has 2 aliphatic heterocycles. The number of likely N-dealkylation sites (tertiary alicyclic amines) is 1. The number of amides is 1. The first kappa shape index (κ1) is 26.4. The highest BCUT2D eigenvalue weighted by Gasteiger charge is 2.25. The fraction of sp³-hybridized carbons (Fsp3) is 0.429. The summed E-state index contributed by atoms with van der Waals surface area (Å²) in [6.07, 6.45) is 8.72. The van der Waals surface area contributed by atoms with Gasteiger partial charge in [0, 0.05) is 74.2 Å². The quantitative estimate of drug-likeness (QED) is 0.344. The maximum atomic E-state index is 14.4. The lowest BCUT2D eigenvalue weighted by Gasteiger charge is -2.34. The van der Waals surface area contributed by atoms with Crippen molar-refractivity contribution < 1.29 is 18.7 Å². The van der Waals surface area contributed by atoms with Crippen LogP contribution in [0.2, 0.25) is 0 Å². The molecule has 0 aliphatic carbocycles. The molecule has 6 rings (SSSR count). The molecule has 4 aromatic rings. The molecule has 210 valence electrons. The largest absolute Gasteiger partial charge is 0.490 e. The summed E-state index contributed by atoms with van der Waals surface area (Å²) in [5.74, 6) is -0.287. The number of piperidine rings is 1. The second-order valence-electron chi connectivity index (χ2n) is 10.3. The minimum Gasteiger partial charge on any atom is -0.490 e. The van der Waals surface area contributed by atoms with Crippen molar-refractivity contribution in [2.24, 2.45) is 5.73 Å². The van der Waals surface area contributed by atoms with Crippen LogP contribution in [0.1, 0.15) is 29.2 Å². The topological polar surface area (TPSA) is 127 Å². The Morgan fingerprint density at radius 1 is 1.18 bits per heavy atom. The Balaban J connectivity index is 1.05. The monoisotopic (exact) mass is 548 g/mol. The fourth-order valence-electron chi connectivity index (χ4n) is 5.43. The fourth-order valence-corrected chi connectivity index (χ4v) is 5.43. The summed E-state index contributed by atoms with van der Waals surface area (Å²) in [5.41, 5.74) is 9.00. The molecule has 2 aliphatic rings. The Labute approximate surface area is 231 Å². The van der Waals surface area contributed by atoms with Gasteiger partial charge in [-0.1, -0.05) is 0 Å². The summed E-state index contributed by atoms with van der Waals surface area (Å²) >= 11 is 0. The third-order valence-corrected chi connectivity index (χ3v) is 7.60. The van der Waals surface area contributed by atoms with Crippen molar-refractivity contribution in [1.82, 2.24) is 34.5 Å². The lowest BCUT2D eigenvalue weighted by molar-refractivity contribution is 0.0302. The van der Waals surface area contributed by atoms with Gasteiger partial charge < -0.3 is 30.0 Å². The smallest absolute Gasteiger partial charge is 0.254 e. The average Bonchev–Trinajstić information content (AvgIpc) is 3.67. The van der Waals surface area contributed by atoms with Crippen LogP contribution < -0.4 is 10.5 Å². The van der Waals surface area contributed by atoms with E-state index in [2.05, 4.69) is 25.0 Å². The van der Waals surface area contributed by atoms with E-state index in [9.17, 15) is 9.18 Å². The lowest BCUT2D eigenvalue weighted by Crippen LogP contribution is -2.42. The zero-order valence-corrected chi connectivity index (χ0v) is 22.2. The maximum absolute atomic E-state index is 14.4. The van der Waals surface area contributed by atoms with Crippen molar-refractivity contribution in [3.8, 4) is 17.0 Å². The number of nitrogens with one attached hydrogen (secondary N) is 1. The van der Waals surface area contributed by atoms with E-state index in [1.54, 1.807) is 17.3 Å². The number of benzene rings is 1. The highest BCUT2D eigenvalue weighted by Crippen LogP contribution is 2.26. The van der Waals surface area contributed by atoms with Crippen LogP contribution in [0.5, 0.6) is 5.75 Å². The second-order valence-corrected chi connectivity index (χ2v) is 10.3. The Bertz CT molecular complexity index is 1460. The van der Waals surface area contributed by atoms with E-state index in [4.69, 9.17) is 15.2 Å². The van der Waals surface area contributed by atoms with Crippen molar-refractivity contribution in [3.63, 3.8) is 0 Å². The minimum atomic E-state index is -0.477. The number of ether oxygens (including phenoxy) is 2. The molecule has 0 spiro atoms. The molecule has 1 amide bonds. The van der Waals surface area contributed by atoms with Crippen molar-refractivity contribution in [3.05, 3.63) is 60.6 Å². The Morgan fingerprint density at radius 3 is 2.80 bits per heavy atom. The van der Waals surface area contributed by atoms with Crippen LogP contribution in [0.15, 0.2) is 49.2 Å². The van der Waals surface area contributed by atoms with E-state index in [1.165, 1.54) is 12.1 Å². The molecule has 1 unspecified atom stereocenters. The molecule has 1 aromatic carbocycles. The molecular weight excluding hydrogens is 515 g/mol. The van der Waals surface area contributed by atoms with Crippen LogP contribution in [0.25, 0.3) is 22.3 Å². The predicted octanol–water partition coefficient (Wildman–Crippen LogP) is 2.48. The number of carbonyl (C=O) groups is 1. The highest BCUT2D eigenvalue weighted by atomic mass is 19.1. The van der Waals surface area contributed by atoms with Crippen molar-refractivity contribution in [1.29, 1.82) is 0 Å². The molecule has 40 heavy (non-hydrogen) atoms. The van der Waals surface area contributed by atoms with Gasteiger partial charge in [-0.3, -0.25) is 9.48 Å². The first-order valence-corrected chi connectivity index (χ1v) is 13.7. The second kappa shape index (κ2) is 11.7. The number of fused-ring (bicyclic) bond motifs is 1. The van der Waals surface area contributed by atoms with Crippen LogP contribution in [0.3, 0.4) is 0 Å². The van der Waals surface area contributed by atoms with Gasteiger partial charge in [0.15, 0.2) is 0 Å². The number of H-pyrrole nitrogens is 1. The van der Waals surface area contributed by atoms with Gasteiger partial charge in [-0.05, 0) is 31.0 Å². The molecule has 0 radical (unpaired) electrons. The van der Waals surface area contributed by atoms with E-state index in [1.807, 2.05) is 29.3 Å². The van der Waals surface area contributed by atoms with E-state index in [-0.39, 0.29) is 18.1 Å². The third-order valence-electron chi connectivity index (χ3n) is 7.60. The molecule has 0 saturated carbocycles. The highest BCUT2D eigenvalue weighted by molar-refractivity contribution is 5.94. The first-order chi connectivity index (χ1) is 19.6. The van der Waals surface area contributed by atoms with Crippen LogP contribution in [-0.2, 0) is 4.74 Å². The summed E-state index contributed by atoms with van der Waals surface area (Å²) in [6.45, 7) is 4.84. The summed E-state index contributed by atoms with van der Waals surface area (Å²) in [7, 11) is 0. The van der Waals surface area contributed by atoms with Crippen molar-refractivity contribution >= 4 is 16.9 Å². The van der Waals surface area contributed by atoms with Crippen LogP contribution >= 0.6 is 0 Å². The molecule has 11 nitrogen and oxygen atoms in total. The molecule has 3 N–H and O–H groups in total. The van der Waals surface area contributed by atoms with E-state index >= 15 is 0 Å². The number of hydrogen-bond acceptors (Lipinski definition) is 8. The van der Waals surface area contributed by atoms with E-state index < -0.39 is 5.82 Å².